The van der Waals surface area contributed by atoms with Crippen LogP contribution in [0.1, 0.15) is 18.1 Å². The van der Waals surface area contributed by atoms with Crippen molar-refractivity contribution in [2.75, 3.05) is 7.11 Å². The molecule has 0 aliphatic carbocycles. The van der Waals surface area contributed by atoms with E-state index in [2.05, 4.69) is 24.2 Å². The average molecular weight is 259 g/mol. The monoisotopic (exact) mass is 259 g/mol. The van der Waals surface area contributed by atoms with Gasteiger partial charge in [-0.05, 0) is 43.0 Å². The molecule has 0 saturated heterocycles. The molecule has 1 atom stereocenters. The maximum Gasteiger partial charge on any atom is 0.118 e. The Morgan fingerprint density at radius 1 is 1.21 bits per heavy atom. The van der Waals surface area contributed by atoms with Crippen molar-refractivity contribution in [1.82, 2.24) is 9.78 Å². The van der Waals surface area contributed by atoms with Crippen LogP contribution in [-0.2, 0) is 19.9 Å². The van der Waals surface area contributed by atoms with Gasteiger partial charge in [0.05, 0.1) is 13.3 Å². The minimum atomic E-state index is -0.280. The van der Waals surface area contributed by atoms with Crippen LogP contribution in [0.25, 0.3) is 0 Å². The lowest BCUT2D eigenvalue weighted by molar-refractivity contribution is 0.414. The van der Waals surface area contributed by atoms with Crippen LogP contribution < -0.4 is 10.5 Å². The van der Waals surface area contributed by atoms with Gasteiger partial charge in [-0.15, -0.1) is 0 Å². The third-order valence-corrected chi connectivity index (χ3v) is 3.13. The van der Waals surface area contributed by atoms with Crippen molar-refractivity contribution >= 4 is 0 Å². The molecular formula is C15H21N3O. The van der Waals surface area contributed by atoms with E-state index in [4.69, 9.17) is 10.5 Å². The lowest BCUT2D eigenvalue weighted by Crippen LogP contribution is -2.40. The van der Waals surface area contributed by atoms with E-state index in [1.54, 1.807) is 11.8 Å². The molecule has 1 heterocycles. The van der Waals surface area contributed by atoms with Crippen LogP contribution >= 0.6 is 0 Å². The molecule has 0 saturated carbocycles. The van der Waals surface area contributed by atoms with Gasteiger partial charge in [0.1, 0.15) is 5.75 Å². The SMILES string of the molecule is COc1ccc(CC(C)(N)Cc2cnn(C)c2)cc1. The standard InChI is InChI=1S/C15H21N3O/c1-15(16,9-13-10-17-18(2)11-13)8-12-4-6-14(19-3)7-5-12/h4-7,10-11H,8-9,16H2,1-3H3. The smallest absolute Gasteiger partial charge is 0.118 e. The molecule has 0 aliphatic rings. The number of methoxy groups -OCH3 is 1. The summed E-state index contributed by atoms with van der Waals surface area (Å²) < 4.78 is 6.96. The lowest BCUT2D eigenvalue weighted by atomic mass is 9.88. The first-order valence-electron chi connectivity index (χ1n) is 6.38. The highest BCUT2D eigenvalue weighted by atomic mass is 16.5. The molecule has 4 nitrogen and oxygen atoms in total. The molecule has 102 valence electrons. The first kappa shape index (κ1) is 13.6. The maximum atomic E-state index is 6.39. The molecule has 4 heteroatoms. The van der Waals surface area contributed by atoms with Crippen molar-refractivity contribution in [3.8, 4) is 5.75 Å². The van der Waals surface area contributed by atoms with E-state index in [0.29, 0.717) is 0 Å². The number of hydrogen-bond donors (Lipinski definition) is 1. The first-order valence-corrected chi connectivity index (χ1v) is 6.38. The molecule has 0 fully saturated rings. The summed E-state index contributed by atoms with van der Waals surface area (Å²) in [6, 6.07) is 8.06. The summed E-state index contributed by atoms with van der Waals surface area (Å²) >= 11 is 0. The normalized spacial score (nSPS) is 14.1. The molecule has 0 radical (unpaired) electrons. The van der Waals surface area contributed by atoms with Gasteiger partial charge >= 0.3 is 0 Å². The average Bonchev–Trinajstić information content (AvgIpc) is 2.74. The minimum absolute atomic E-state index is 0.280. The second kappa shape index (κ2) is 5.45. The molecule has 1 aromatic heterocycles. The quantitative estimate of drug-likeness (QED) is 0.892. The number of aromatic nitrogens is 2. The minimum Gasteiger partial charge on any atom is -0.497 e. The zero-order valence-corrected chi connectivity index (χ0v) is 11.8. The van der Waals surface area contributed by atoms with Crippen molar-refractivity contribution < 1.29 is 4.74 Å². The number of benzene rings is 1. The van der Waals surface area contributed by atoms with Crippen molar-refractivity contribution in [2.45, 2.75) is 25.3 Å². The first-order chi connectivity index (χ1) is 8.98. The van der Waals surface area contributed by atoms with Crippen molar-refractivity contribution in [3.05, 3.63) is 47.8 Å². The van der Waals surface area contributed by atoms with Crippen molar-refractivity contribution in [2.24, 2.45) is 12.8 Å². The molecule has 2 N–H and O–H groups in total. The second-order valence-electron chi connectivity index (χ2n) is 5.38. The van der Waals surface area contributed by atoms with Gasteiger partial charge in [0, 0.05) is 18.8 Å². The van der Waals surface area contributed by atoms with E-state index < -0.39 is 0 Å². The van der Waals surface area contributed by atoms with Crippen LogP contribution in [0.4, 0.5) is 0 Å². The van der Waals surface area contributed by atoms with E-state index in [0.717, 1.165) is 18.6 Å². The van der Waals surface area contributed by atoms with Gasteiger partial charge in [0.25, 0.3) is 0 Å². The number of hydrogen-bond acceptors (Lipinski definition) is 3. The highest BCUT2D eigenvalue weighted by Gasteiger charge is 2.20. The van der Waals surface area contributed by atoms with E-state index in [-0.39, 0.29) is 5.54 Å². The van der Waals surface area contributed by atoms with Crippen LogP contribution in [0.2, 0.25) is 0 Å². The number of nitrogens with two attached hydrogens (primary N) is 1. The molecule has 2 rings (SSSR count). The predicted octanol–water partition coefficient (Wildman–Crippen LogP) is 1.93. The molecule has 1 unspecified atom stereocenters. The summed E-state index contributed by atoms with van der Waals surface area (Å²) in [6.45, 7) is 2.07. The van der Waals surface area contributed by atoms with Gasteiger partial charge in [-0.3, -0.25) is 4.68 Å². The zero-order valence-electron chi connectivity index (χ0n) is 11.8. The van der Waals surface area contributed by atoms with Gasteiger partial charge in [0.2, 0.25) is 0 Å². The fourth-order valence-corrected chi connectivity index (χ4v) is 2.30. The Kier molecular flexibility index (Phi) is 3.90. The summed E-state index contributed by atoms with van der Waals surface area (Å²) in [5.74, 6) is 0.870. The Labute approximate surface area is 114 Å². The molecule has 0 spiro atoms. The zero-order chi connectivity index (χ0) is 13.9. The molecule has 2 aromatic rings. The fourth-order valence-electron chi connectivity index (χ4n) is 2.30. The summed E-state index contributed by atoms with van der Waals surface area (Å²) in [6.07, 6.45) is 5.52. The largest absolute Gasteiger partial charge is 0.497 e. The fraction of sp³-hybridized carbons (Fsp3) is 0.400. The van der Waals surface area contributed by atoms with E-state index in [1.807, 2.05) is 31.6 Å². The number of rotatable bonds is 5. The molecule has 0 bridgehead atoms. The number of nitrogens with zero attached hydrogens (tertiary/aromatic N) is 2. The van der Waals surface area contributed by atoms with Crippen molar-refractivity contribution in [3.63, 3.8) is 0 Å². The van der Waals surface area contributed by atoms with Crippen LogP contribution in [0, 0.1) is 0 Å². The highest BCUT2D eigenvalue weighted by molar-refractivity contribution is 5.28. The Balaban J connectivity index is 2.03. The summed E-state index contributed by atoms with van der Waals surface area (Å²) in [4.78, 5) is 0. The third kappa shape index (κ3) is 3.83. The van der Waals surface area contributed by atoms with Crippen LogP contribution in [-0.4, -0.2) is 22.4 Å². The Morgan fingerprint density at radius 2 is 1.84 bits per heavy atom. The van der Waals surface area contributed by atoms with Gasteiger partial charge < -0.3 is 10.5 Å². The summed E-state index contributed by atoms with van der Waals surface area (Å²) in [7, 11) is 3.59. The molecule has 0 aliphatic heterocycles. The van der Waals surface area contributed by atoms with Crippen LogP contribution in [0.3, 0.4) is 0 Å². The molecule has 1 aromatic carbocycles. The van der Waals surface area contributed by atoms with Crippen LogP contribution in [0.5, 0.6) is 5.75 Å². The summed E-state index contributed by atoms with van der Waals surface area (Å²) in [5.41, 5.74) is 8.50. The lowest BCUT2D eigenvalue weighted by Gasteiger charge is -2.24. The molecular weight excluding hydrogens is 238 g/mol. The topological polar surface area (TPSA) is 53.1 Å². The van der Waals surface area contributed by atoms with E-state index in [1.165, 1.54) is 11.1 Å². The Hall–Kier alpha value is -1.81. The Morgan fingerprint density at radius 3 is 2.37 bits per heavy atom. The Bertz CT molecular complexity index is 529. The predicted molar refractivity (Wildman–Crippen MR) is 76.2 cm³/mol. The van der Waals surface area contributed by atoms with Gasteiger partial charge in [-0.1, -0.05) is 12.1 Å². The van der Waals surface area contributed by atoms with E-state index >= 15 is 0 Å². The van der Waals surface area contributed by atoms with Crippen LogP contribution in [0.15, 0.2) is 36.7 Å². The van der Waals surface area contributed by atoms with E-state index in [9.17, 15) is 0 Å². The molecule has 19 heavy (non-hydrogen) atoms. The third-order valence-electron chi connectivity index (χ3n) is 3.13. The molecule has 0 amide bonds. The maximum absolute atomic E-state index is 6.39. The highest BCUT2D eigenvalue weighted by Crippen LogP contribution is 2.18. The second-order valence-corrected chi connectivity index (χ2v) is 5.38. The van der Waals surface area contributed by atoms with Gasteiger partial charge in [0.15, 0.2) is 0 Å². The van der Waals surface area contributed by atoms with Crippen molar-refractivity contribution in [1.29, 1.82) is 0 Å². The summed E-state index contributed by atoms with van der Waals surface area (Å²) in [5, 5.41) is 4.18. The van der Waals surface area contributed by atoms with Gasteiger partial charge in [-0.2, -0.15) is 5.10 Å². The number of aryl methyl sites for hydroxylation is 1. The number of ether oxygens (including phenoxy) is 1. The van der Waals surface area contributed by atoms with Gasteiger partial charge in [-0.25, -0.2) is 0 Å².